The molecule has 6 heteroatoms. The molecule has 0 aromatic carbocycles. The van der Waals surface area contributed by atoms with E-state index in [0.717, 1.165) is 0 Å². The van der Waals surface area contributed by atoms with Crippen LogP contribution in [-0.4, -0.2) is 47.8 Å². The molecule has 1 aliphatic heterocycles. The van der Waals surface area contributed by atoms with Crippen LogP contribution in [0.3, 0.4) is 0 Å². The van der Waals surface area contributed by atoms with Gasteiger partial charge >= 0.3 is 12.1 Å². The second kappa shape index (κ2) is 5.56. The Morgan fingerprint density at radius 3 is 2.50 bits per heavy atom. The van der Waals surface area contributed by atoms with Crippen LogP contribution < -0.4 is 5.73 Å². The van der Waals surface area contributed by atoms with Crippen LogP contribution in [0.2, 0.25) is 0 Å². The summed E-state index contributed by atoms with van der Waals surface area (Å²) >= 11 is 0. The second-order valence-corrected chi connectivity index (χ2v) is 5.40. The number of carbonyl (C=O) groups is 2. The van der Waals surface area contributed by atoms with Crippen LogP contribution in [0.1, 0.15) is 34.1 Å². The summed E-state index contributed by atoms with van der Waals surface area (Å²) in [6, 6.07) is -0.846. The number of nitrogens with two attached hydrogens (primary N) is 1. The van der Waals surface area contributed by atoms with E-state index < -0.39 is 23.7 Å². The minimum absolute atomic E-state index is 0.216. The maximum atomic E-state index is 12.0. The van der Waals surface area contributed by atoms with Crippen molar-refractivity contribution < 1.29 is 19.1 Å². The number of hydrogen-bond acceptors (Lipinski definition) is 5. The van der Waals surface area contributed by atoms with Gasteiger partial charge in [0.15, 0.2) is 0 Å². The van der Waals surface area contributed by atoms with Gasteiger partial charge in [-0.05, 0) is 34.1 Å². The van der Waals surface area contributed by atoms with Gasteiger partial charge in [0.1, 0.15) is 11.6 Å². The van der Waals surface area contributed by atoms with E-state index in [1.807, 2.05) is 0 Å². The first-order valence-corrected chi connectivity index (χ1v) is 6.16. The maximum absolute atomic E-state index is 12.0. The number of ether oxygens (including phenoxy) is 2. The van der Waals surface area contributed by atoms with Crippen molar-refractivity contribution in [3.63, 3.8) is 0 Å². The minimum atomic E-state index is -0.630. The number of esters is 1. The van der Waals surface area contributed by atoms with Crippen molar-refractivity contribution in [3.8, 4) is 0 Å². The van der Waals surface area contributed by atoms with Gasteiger partial charge in [-0.3, -0.25) is 4.90 Å². The Hall–Kier alpha value is -1.30. The Bertz CT molecular complexity index is 325. The van der Waals surface area contributed by atoms with Gasteiger partial charge in [-0.15, -0.1) is 0 Å². The largest absolute Gasteiger partial charge is 0.464 e. The number of carbonyl (C=O) groups excluding carboxylic acids is 2. The lowest BCUT2D eigenvalue weighted by Gasteiger charge is -2.27. The zero-order chi connectivity index (χ0) is 13.9. The first-order chi connectivity index (χ1) is 8.24. The molecular formula is C12H22N2O4. The molecule has 2 atom stereocenters. The van der Waals surface area contributed by atoms with E-state index in [9.17, 15) is 9.59 Å². The molecule has 6 nitrogen and oxygen atoms in total. The highest BCUT2D eigenvalue weighted by Gasteiger charge is 2.40. The van der Waals surface area contributed by atoms with Crippen molar-refractivity contribution in [1.29, 1.82) is 0 Å². The number of nitrogens with zero attached hydrogens (tertiary/aromatic N) is 1. The first-order valence-electron chi connectivity index (χ1n) is 6.16. The highest BCUT2D eigenvalue weighted by Crippen LogP contribution is 2.21. The summed E-state index contributed by atoms with van der Waals surface area (Å²) in [6.45, 7) is 7.66. The van der Waals surface area contributed by atoms with Crippen LogP contribution in [0.15, 0.2) is 0 Å². The lowest BCUT2D eigenvalue weighted by Crippen LogP contribution is -2.44. The SMILES string of the molecule is CCOC(=O)[C@@H]1C[C@H](N)CN1C(=O)OC(C)(C)C. The summed E-state index contributed by atoms with van der Waals surface area (Å²) in [5.41, 5.74) is 5.20. The zero-order valence-corrected chi connectivity index (χ0v) is 11.4. The molecule has 1 rings (SSSR count). The van der Waals surface area contributed by atoms with Gasteiger partial charge in [0, 0.05) is 12.6 Å². The van der Waals surface area contributed by atoms with Gasteiger partial charge in [0.2, 0.25) is 0 Å². The van der Waals surface area contributed by atoms with Crippen LogP contribution in [-0.2, 0) is 14.3 Å². The third kappa shape index (κ3) is 3.87. The molecule has 0 saturated carbocycles. The predicted molar refractivity (Wildman–Crippen MR) is 66.0 cm³/mol. The molecule has 1 fully saturated rings. The summed E-state index contributed by atoms with van der Waals surface area (Å²) in [6.07, 6.45) is -0.105. The Kier molecular flexibility index (Phi) is 4.56. The van der Waals surface area contributed by atoms with Crippen LogP contribution in [0.4, 0.5) is 4.79 Å². The molecule has 0 aromatic heterocycles. The minimum Gasteiger partial charge on any atom is -0.464 e. The molecule has 0 unspecified atom stereocenters. The molecule has 1 amide bonds. The summed E-state index contributed by atoms with van der Waals surface area (Å²) in [5.74, 6) is -0.420. The molecule has 0 spiro atoms. The lowest BCUT2D eigenvalue weighted by molar-refractivity contribution is -0.148. The summed E-state index contributed by atoms with van der Waals surface area (Å²) in [7, 11) is 0. The van der Waals surface area contributed by atoms with E-state index in [0.29, 0.717) is 13.0 Å². The van der Waals surface area contributed by atoms with E-state index in [1.54, 1.807) is 27.7 Å². The van der Waals surface area contributed by atoms with Gasteiger partial charge in [-0.25, -0.2) is 9.59 Å². The predicted octanol–water partition coefficient (Wildman–Crippen LogP) is 0.886. The quantitative estimate of drug-likeness (QED) is 0.744. The average molecular weight is 258 g/mol. The van der Waals surface area contributed by atoms with E-state index in [2.05, 4.69) is 0 Å². The fraction of sp³-hybridized carbons (Fsp3) is 0.833. The van der Waals surface area contributed by atoms with Crippen molar-refractivity contribution in [2.24, 2.45) is 5.73 Å². The molecule has 0 bridgehead atoms. The fourth-order valence-electron chi connectivity index (χ4n) is 1.85. The normalized spacial score (nSPS) is 23.9. The molecule has 1 aliphatic rings. The van der Waals surface area contributed by atoms with Crippen LogP contribution in [0, 0.1) is 0 Å². The number of likely N-dealkylation sites (tertiary alicyclic amines) is 1. The number of rotatable bonds is 2. The molecule has 0 aliphatic carbocycles. The van der Waals surface area contributed by atoms with E-state index in [1.165, 1.54) is 4.90 Å². The van der Waals surface area contributed by atoms with Gasteiger partial charge < -0.3 is 15.2 Å². The topological polar surface area (TPSA) is 81.9 Å². The van der Waals surface area contributed by atoms with Crippen LogP contribution >= 0.6 is 0 Å². The standard InChI is InChI=1S/C12H22N2O4/c1-5-17-10(15)9-6-8(13)7-14(9)11(16)18-12(2,3)4/h8-9H,5-7,13H2,1-4H3/t8-,9-/m0/s1. The highest BCUT2D eigenvalue weighted by molar-refractivity contribution is 5.82. The second-order valence-electron chi connectivity index (χ2n) is 5.40. The van der Waals surface area contributed by atoms with E-state index >= 15 is 0 Å². The number of hydrogen-bond donors (Lipinski definition) is 1. The van der Waals surface area contributed by atoms with E-state index in [4.69, 9.17) is 15.2 Å². The van der Waals surface area contributed by atoms with Crippen molar-refractivity contribution in [3.05, 3.63) is 0 Å². The molecule has 18 heavy (non-hydrogen) atoms. The summed E-state index contributed by atoms with van der Waals surface area (Å²) in [5, 5.41) is 0. The van der Waals surface area contributed by atoms with Crippen LogP contribution in [0.25, 0.3) is 0 Å². The third-order valence-electron chi connectivity index (χ3n) is 2.52. The molecule has 0 radical (unpaired) electrons. The van der Waals surface area contributed by atoms with Gasteiger partial charge in [0.25, 0.3) is 0 Å². The molecule has 1 heterocycles. The average Bonchev–Trinajstić information content (AvgIpc) is 2.58. The molecule has 1 saturated heterocycles. The Balaban J connectivity index is 2.72. The maximum Gasteiger partial charge on any atom is 0.411 e. The molecule has 2 N–H and O–H groups in total. The highest BCUT2D eigenvalue weighted by atomic mass is 16.6. The lowest BCUT2D eigenvalue weighted by atomic mass is 10.2. The van der Waals surface area contributed by atoms with Gasteiger partial charge in [0.05, 0.1) is 6.61 Å². The monoisotopic (exact) mass is 258 g/mol. The first kappa shape index (κ1) is 14.8. The third-order valence-corrected chi connectivity index (χ3v) is 2.52. The fourth-order valence-corrected chi connectivity index (χ4v) is 1.85. The van der Waals surface area contributed by atoms with Crippen molar-refractivity contribution >= 4 is 12.1 Å². The van der Waals surface area contributed by atoms with Gasteiger partial charge in [-0.1, -0.05) is 0 Å². The van der Waals surface area contributed by atoms with Gasteiger partial charge in [-0.2, -0.15) is 0 Å². The summed E-state index contributed by atoms with van der Waals surface area (Å²) < 4.78 is 10.2. The van der Waals surface area contributed by atoms with Crippen molar-refractivity contribution in [2.75, 3.05) is 13.2 Å². The Labute approximate surface area is 107 Å². The smallest absolute Gasteiger partial charge is 0.411 e. The van der Waals surface area contributed by atoms with Crippen molar-refractivity contribution in [1.82, 2.24) is 4.90 Å². The Morgan fingerprint density at radius 2 is 2.00 bits per heavy atom. The molecule has 104 valence electrons. The zero-order valence-electron chi connectivity index (χ0n) is 11.4. The van der Waals surface area contributed by atoms with Crippen molar-refractivity contribution in [2.45, 2.75) is 51.8 Å². The summed E-state index contributed by atoms with van der Waals surface area (Å²) in [4.78, 5) is 25.1. The molecule has 0 aromatic rings. The van der Waals surface area contributed by atoms with E-state index in [-0.39, 0.29) is 12.6 Å². The molecular weight excluding hydrogens is 236 g/mol. The Morgan fingerprint density at radius 1 is 1.39 bits per heavy atom. The van der Waals surface area contributed by atoms with Crippen LogP contribution in [0.5, 0.6) is 0 Å². The number of amides is 1.